The molecule has 55 heavy (non-hydrogen) atoms. The van der Waals surface area contributed by atoms with Gasteiger partial charge in [0.05, 0.1) is 62.1 Å². The van der Waals surface area contributed by atoms with Crippen molar-refractivity contribution in [3.05, 3.63) is 187 Å². The Morgan fingerprint density at radius 3 is 1.31 bits per heavy atom. The zero-order chi connectivity index (χ0) is 36.6. The Morgan fingerprint density at radius 2 is 0.782 bits per heavy atom. The predicted octanol–water partition coefficient (Wildman–Crippen LogP) is 12.4. The molecule has 0 saturated heterocycles. The second-order valence-electron chi connectivity index (χ2n) is 14.0. The van der Waals surface area contributed by atoms with Gasteiger partial charge in [0.25, 0.3) is 0 Å². The van der Waals surface area contributed by atoms with E-state index in [0.29, 0.717) is 11.1 Å². The molecule has 0 amide bonds. The lowest BCUT2D eigenvalue weighted by Crippen LogP contribution is -2.02. The van der Waals surface area contributed by atoms with Crippen molar-refractivity contribution in [3.63, 3.8) is 0 Å². The van der Waals surface area contributed by atoms with Crippen molar-refractivity contribution in [1.82, 2.24) is 13.7 Å². The van der Waals surface area contributed by atoms with Crippen LogP contribution < -0.4 is 0 Å². The molecular formula is C50H29N5. The van der Waals surface area contributed by atoms with E-state index < -0.39 is 0 Å². The van der Waals surface area contributed by atoms with Crippen LogP contribution in [0.3, 0.4) is 0 Å². The molecule has 11 rings (SSSR count). The van der Waals surface area contributed by atoms with E-state index in [2.05, 4.69) is 159 Å². The third-order valence-electron chi connectivity index (χ3n) is 11.1. The number of hydrogen-bond donors (Lipinski definition) is 0. The molecule has 0 spiro atoms. The molecule has 5 nitrogen and oxygen atoms in total. The third kappa shape index (κ3) is 4.51. The summed E-state index contributed by atoms with van der Waals surface area (Å²) in [5.41, 5.74) is 12.5. The van der Waals surface area contributed by atoms with Gasteiger partial charge in [-0.05, 0) is 84.4 Å². The molecule has 3 heterocycles. The summed E-state index contributed by atoms with van der Waals surface area (Å²) in [5, 5.41) is 27.1. The van der Waals surface area contributed by atoms with Crippen molar-refractivity contribution >= 4 is 65.4 Å². The van der Waals surface area contributed by atoms with Crippen molar-refractivity contribution in [1.29, 1.82) is 10.5 Å². The summed E-state index contributed by atoms with van der Waals surface area (Å²) in [4.78, 5) is 0. The number of benzene rings is 8. The summed E-state index contributed by atoms with van der Waals surface area (Å²) in [5.74, 6) is 0. The molecule has 0 N–H and O–H groups in total. The molecule has 0 aliphatic rings. The van der Waals surface area contributed by atoms with Crippen LogP contribution in [0.1, 0.15) is 11.1 Å². The highest BCUT2D eigenvalue weighted by molar-refractivity contribution is 6.12. The number of nitriles is 2. The van der Waals surface area contributed by atoms with Crippen molar-refractivity contribution in [2.24, 2.45) is 0 Å². The fraction of sp³-hybridized carbons (Fsp3) is 0. The van der Waals surface area contributed by atoms with Crippen LogP contribution in [-0.4, -0.2) is 13.7 Å². The molecule has 0 aliphatic heterocycles. The Kier molecular flexibility index (Phi) is 6.61. The van der Waals surface area contributed by atoms with Crippen LogP contribution in [0.25, 0.3) is 93.6 Å². The zero-order valence-electron chi connectivity index (χ0n) is 29.5. The average molecular weight is 700 g/mol. The highest BCUT2D eigenvalue weighted by atomic mass is 15.0. The second kappa shape index (κ2) is 11.8. The first-order valence-corrected chi connectivity index (χ1v) is 18.3. The molecule has 0 bridgehead atoms. The molecule has 3 aromatic heterocycles. The van der Waals surface area contributed by atoms with Crippen LogP contribution in [0.2, 0.25) is 0 Å². The fourth-order valence-corrected chi connectivity index (χ4v) is 8.75. The molecule has 0 fully saturated rings. The van der Waals surface area contributed by atoms with Gasteiger partial charge in [-0.3, -0.25) is 0 Å². The van der Waals surface area contributed by atoms with E-state index in [1.165, 1.54) is 21.5 Å². The lowest BCUT2D eigenvalue weighted by Gasteiger charge is -2.18. The van der Waals surface area contributed by atoms with Crippen LogP contribution >= 0.6 is 0 Å². The van der Waals surface area contributed by atoms with Crippen molar-refractivity contribution < 1.29 is 0 Å². The number of aromatic nitrogens is 3. The molecule has 0 atom stereocenters. The Hall–Kier alpha value is -7.86. The van der Waals surface area contributed by atoms with Crippen LogP contribution in [0.15, 0.2) is 176 Å². The fourth-order valence-electron chi connectivity index (χ4n) is 8.75. The van der Waals surface area contributed by atoms with Gasteiger partial charge in [0.1, 0.15) is 0 Å². The topological polar surface area (TPSA) is 62.4 Å². The van der Waals surface area contributed by atoms with Gasteiger partial charge < -0.3 is 13.7 Å². The van der Waals surface area contributed by atoms with Gasteiger partial charge in [0, 0.05) is 49.3 Å². The molecule has 8 aromatic carbocycles. The number of para-hydroxylation sites is 5. The minimum atomic E-state index is 0.562. The molecule has 0 radical (unpaired) electrons. The lowest BCUT2D eigenvalue weighted by molar-refractivity contribution is 1.13. The van der Waals surface area contributed by atoms with E-state index in [0.717, 1.165) is 72.1 Å². The molecule has 11 aromatic rings. The Balaban J connectivity index is 1.23. The zero-order valence-corrected chi connectivity index (χ0v) is 29.5. The van der Waals surface area contributed by atoms with Crippen molar-refractivity contribution in [3.8, 4) is 40.3 Å². The summed E-state index contributed by atoms with van der Waals surface area (Å²) in [6, 6.07) is 66.1. The summed E-state index contributed by atoms with van der Waals surface area (Å²) < 4.78 is 6.94. The Bertz CT molecular complexity index is 3360. The number of rotatable bonds is 4. The smallest absolute Gasteiger partial charge is 0.0992 e. The molecule has 0 unspecified atom stereocenters. The minimum Gasteiger partial charge on any atom is -0.309 e. The SMILES string of the molecule is N#Cc1cc(-c2ccc(-n3c4ccccc4c4ccccc43)cc2-n2c3ccccc3c3ccccc32)cc(-n2c3ccccc3c3cc(C#N)ccc32)c1. The lowest BCUT2D eigenvalue weighted by atomic mass is 9.99. The van der Waals surface area contributed by atoms with E-state index in [9.17, 15) is 10.5 Å². The highest BCUT2D eigenvalue weighted by Crippen LogP contribution is 2.41. The minimum absolute atomic E-state index is 0.562. The van der Waals surface area contributed by atoms with Gasteiger partial charge in [-0.25, -0.2) is 0 Å². The van der Waals surface area contributed by atoms with E-state index in [-0.39, 0.29) is 0 Å². The summed E-state index contributed by atoms with van der Waals surface area (Å²) >= 11 is 0. The summed E-state index contributed by atoms with van der Waals surface area (Å²) in [7, 11) is 0. The predicted molar refractivity (Wildman–Crippen MR) is 224 cm³/mol. The van der Waals surface area contributed by atoms with Gasteiger partial charge in [0.15, 0.2) is 0 Å². The van der Waals surface area contributed by atoms with Gasteiger partial charge in [0.2, 0.25) is 0 Å². The van der Waals surface area contributed by atoms with Crippen molar-refractivity contribution in [2.75, 3.05) is 0 Å². The Labute approximate surface area is 316 Å². The maximum absolute atomic E-state index is 10.5. The molecular weight excluding hydrogens is 671 g/mol. The van der Waals surface area contributed by atoms with Crippen molar-refractivity contribution in [2.45, 2.75) is 0 Å². The first-order chi connectivity index (χ1) is 27.2. The molecule has 0 aliphatic carbocycles. The summed E-state index contributed by atoms with van der Waals surface area (Å²) in [6.45, 7) is 0. The maximum atomic E-state index is 10.5. The molecule has 5 heteroatoms. The van der Waals surface area contributed by atoms with Gasteiger partial charge >= 0.3 is 0 Å². The van der Waals surface area contributed by atoms with Crippen LogP contribution in [-0.2, 0) is 0 Å². The molecule has 0 saturated carbocycles. The number of hydrogen-bond acceptors (Lipinski definition) is 2. The standard InChI is InChI=1S/C50H29N5/c51-30-32-21-24-49-43(27-32)42-15-5-8-18-46(42)54(49)36-26-33(31-52)25-34(28-36)37-23-22-35(53-44-16-6-1-11-38(44)39-12-2-7-17-45(39)53)29-50(37)55-47-19-9-3-13-40(47)41-14-4-10-20-48(41)55/h1-29H. The highest BCUT2D eigenvalue weighted by Gasteiger charge is 2.20. The summed E-state index contributed by atoms with van der Waals surface area (Å²) in [6.07, 6.45) is 0. The van der Waals surface area contributed by atoms with Crippen LogP contribution in [0.4, 0.5) is 0 Å². The van der Waals surface area contributed by atoms with E-state index in [1.807, 2.05) is 42.5 Å². The van der Waals surface area contributed by atoms with Gasteiger partial charge in [-0.15, -0.1) is 0 Å². The van der Waals surface area contributed by atoms with Gasteiger partial charge in [-0.2, -0.15) is 10.5 Å². The van der Waals surface area contributed by atoms with Gasteiger partial charge in [-0.1, -0.05) is 97.1 Å². The quantitative estimate of drug-likeness (QED) is 0.184. The second-order valence-corrected chi connectivity index (χ2v) is 14.0. The number of nitrogens with zero attached hydrogens (tertiary/aromatic N) is 5. The first kappa shape index (κ1) is 30.7. The monoisotopic (exact) mass is 699 g/mol. The Morgan fingerprint density at radius 1 is 0.327 bits per heavy atom. The van der Waals surface area contributed by atoms with Crippen LogP contribution in [0, 0.1) is 22.7 Å². The third-order valence-corrected chi connectivity index (χ3v) is 11.1. The first-order valence-electron chi connectivity index (χ1n) is 18.3. The largest absolute Gasteiger partial charge is 0.309 e. The van der Waals surface area contributed by atoms with E-state index >= 15 is 0 Å². The van der Waals surface area contributed by atoms with E-state index in [4.69, 9.17) is 0 Å². The van der Waals surface area contributed by atoms with Crippen LogP contribution in [0.5, 0.6) is 0 Å². The number of fused-ring (bicyclic) bond motifs is 9. The maximum Gasteiger partial charge on any atom is 0.0992 e. The normalized spacial score (nSPS) is 11.6. The van der Waals surface area contributed by atoms with E-state index in [1.54, 1.807) is 0 Å². The molecule has 254 valence electrons. The average Bonchev–Trinajstić information content (AvgIpc) is 3.89.